The number of nitrogens with one attached hydrogen (secondary N) is 1. The number of carbonyl (C=O) groups is 1. The van der Waals surface area contributed by atoms with Crippen molar-refractivity contribution in [1.29, 1.82) is 0 Å². The fourth-order valence-electron chi connectivity index (χ4n) is 3.74. The summed E-state index contributed by atoms with van der Waals surface area (Å²) in [5.41, 5.74) is 2.72. The highest BCUT2D eigenvalue weighted by Crippen LogP contribution is 2.30. The summed E-state index contributed by atoms with van der Waals surface area (Å²) in [6, 6.07) is 18.4. The SMILES string of the molecule is Cc1ccc(S(=O)(=O)N2Cc3ccccc3C[C@H]2C(=O)Nc2cccc([N+](=O)[O-])c2)cc1. The van der Waals surface area contributed by atoms with Gasteiger partial charge in [0.05, 0.1) is 9.82 Å². The van der Waals surface area contributed by atoms with E-state index in [9.17, 15) is 23.3 Å². The number of aryl methyl sites for hydroxylation is 1. The molecule has 4 rings (SSSR count). The van der Waals surface area contributed by atoms with E-state index in [2.05, 4.69) is 5.32 Å². The molecule has 0 radical (unpaired) electrons. The highest BCUT2D eigenvalue weighted by molar-refractivity contribution is 7.89. The van der Waals surface area contributed by atoms with Gasteiger partial charge in [0.15, 0.2) is 0 Å². The molecule has 1 aliphatic rings. The van der Waals surface area contributed by atoms with Gasteiger partial charge in [-0.2, -0.15) is 4.31 Å². The second-order valence-electron chi connectivity index (χ2n) is 7.65. The summed E-state index contributed by atoms with van der Waals surface area (Å²) in [5, 5.41) is 13.7. The lowest BCUT2D eigenvalue weighted by molar-refractivity contribution is -0.384. The van der Waals surface area contributed by atoms with E-state index in [0.717, 1.165) is 16.7 Å². The Balaban J connectivity index is 1.70. The van der Waals surface area contributed by atoms with Crippen LogP contribution in [0.3, 0.4) is 0 Å². The van der Waals surface area contributed by atoms with E-state index >= 15 is 0 Å². The number of amides is 1. The van der Waals surface area contributed by atoms with E-state index in [4.69, 9.17) is 0 Å². The average Bonchev–Trinajstić information content (AvgIpc) is 2.78. The van der Waals surface area contributed by atoms with Crippen molar-refractivity contribution in [2.24, 2.45) is 0 Å². The molecular formula is C23H21N3O5S. The summed E-state index contributed by atoms with van der Waals surface area (Å²) in [6.45, 7) is 1.92. The van der Waals surface area contributed by atoms with Crippen LogP contribution in [0, 0.1) is 17.0 Å². The summed E-state index contributed by atoms with van der Waals surface area (Å²) >= 11 is 0. The number of hydrogen-bond donors (Lipinski definition) is 1. The molecular weight excluding hydrogens is 430 g/mol. The summed E-state index contributed by atoms with van der Waals surface area (Å²) in [5.74, 6) is -0.546. The fraction of sp³-hybridized carbons (Fsp3) is 0.174. The Hall–Kier alpha value is -3.56. The van der Waals surface area contributed by atoms with E-state index in [-0.39, 0.29) is 29.2 Å². The van der Waals surface area contributed by atoms with Crippen molar-refractivity contribution in [2.75, 3.05) is 5.32 Å². The lowest BCUT2D eigenvalue weighted by Crippen LogP contribution is -2.50. The molecule has 0 unspecified atom stereocenters. The van der Waals surface area contributed by atoms with Crippen LogP contribution in [0.5, 0.6) is 0 Å². The Morgan fingerprint density at radius 1 is 1.03 bits per heavy atom. The normalized spacial score (nSPS) is 16.2. The third kappa shape index (κ3) is 4.25. The van der Waals surface area contributed by atoms with Crippen LogP contribution >= 0.6 is 0 Å². The molecule has 0 saturated heterocycles. The number of benzene rings is 3. The second kappa shape index (κ2) is 8.52. The average molecular weight is 452 g/mol. The summed E-state index contributed by atoms with van der Waals surface area (Å²) < 4.78 is 28.2. The molecule has 1 N–H and O–H groups in total. The maximum absolute atomic E-state index is 13.5. The molecule has 0 bridgehead atoms. The summed E-state index contributed by atoms with van der Waals surface area (Å²) in [7, 11) is -3.97. The maximum atomic E-state index is 13.5. The third-order valence-electron chi connectivity index (χ3n) is 5.46. The minimum absolute atomic E-state index is 0.0550. The van der Waals surface area contributed by atoms with Gasteiger partial charge in [-0.15, -0.1) is 0 Å². The molecule has 8 nitrogen and oxygen atoms in total. The molecule has 9 heteroatoms. The molecule has 1 aliphatic heterocycles. The lowest BCUT2D eigenvalue weighted by Gasteiger charge is -2.35. The van der Waals surface area contributed by atoms with E-state index in [1.807, 2.05) is 31.2 Å². The van der Waals surface area contributed by atoms with Crippen LogP contribution in [0.25, 0.3) is 0 Å². The van der Waals surface area contributed by atoms with Gasteiger partial charge in [-0.25, -0.2) is 8.42 Å². The predicted octanol–water partition coefficient (Wildman–Crippen LogP) is 3.66. The maximum Gasteiger partial charge on any atom is 0.271 e. The highest BCUT2D eigenvalue weighted by Gasteiger charge is 2.39. The number of sulfonamides is 1. The zero-order chi connectivity index (χ0) is 22.9. The van der Waals surface area contributed by atoms with Crippen LogP contribution in [-0.4, -0.2) is 29.6 Å². The van der Waals surface area contributed by atoms with Gasteiger partial charge < -0.3 is 5.32 Å². The van der Waals surface area contributed by atoms with Crippen molar-refractivity contribution < 1.29 is 18.1 Å². The van der Waals surface area contributed by atoms with Gasteiger partial charge in [-0.1, -0.05) is 48.0 Å². The molecule has 0 fully saturated rings. The summed E-state index contributed by atoms with van der Waals surface area (Å²) in [4.78, 5) is 23.8. The van der Waals surface area contributed by atoms with Gasteiger partial charge in [0, 0.05) is 24.4 Å². The minimum Gasteiger partial charge on any atom is -0.324 e. The molecule has 1 amide bonds. The number of carbonyl (C=O) groups excluding carboxylic acids is 1. The molecule has 3 aromatic carbocycles. The zero-order valence-corrected chi connectivity index (χ0v) is 18.1. The molecule has 0 aliphatic carbocycles. The number of fused-ring (bicyclic) bond motifs is 1. The van der Waals surface area contributed by atoms with Crippen molar-refractivity contribution in [3.8, 4) is 0 Å². The molecule has 1 atom stereocenters. The Kier molecular flexibility index (Phi) is 5.77. The van der Waals surface area contributed by atoms with Gasteiger partial charge >= 0.3 is 0 Å². The Morgan fingerprint density at radius 3 is 2.41 bits per heavy atom. The Morgan fingerprint density at radius 2 is 1.72 bits per heavy atom. The van der Waals surface area contributed by atoms with Crippen LogP contribution in [0.1, 0.15) is 16.7 Å². The van der Waals surface area contributed by atoms with Crippen molar-refractivity contribution >= 4 is 27.3 Å². The van der Waals surface area contributed by atoms with Crippen LogP contribution in [-0.2, 0) is 27.8 Å². The topological polar surface area (TPSA) is 110 Å². The minimum atomic E-state index is -3.97. The third-order valence-corrected chi connectivity index (χ3v) is 7.33. The highest BCUT2D eigenvalue weighted by atomic mass is 32.2. The quantitative estimate of drug-likeness (QED) is 0.470. The Labute approximate surface area is 185 Å². The van der Waals surface area contributed by atoms with Crippen molar-refractivity contribution in [3.63, 3.8) is 0 Å². The first-order valence-corrected chi connectivity index (χ1v) is 11.4. The Bertz CT molecular complexity index is 1290. The van der Waals surface area contributed by atoms with E-state index < -0.39 is 26.9 Å². The molecule has 1 heterocycles. The molecule has 0 saturated carbocycles. The number of nitro groups is 1. The van der Waals surface area contributed by atoms with Gasteiger partial charge in [0.1, 0.15) is 6.04 Å². The van der Waals surface area contributed by atoms with Crippen molar-refractivity contribution in [1.82, 2.24) is 4.31 Å². The summed E-state index contributed by atoms with van der Waals surface area (Å²) in [6.07, 6.45) is 0.196. The van der Waals surface area contributed by atoms with Crippen LogP contribution < -0.4 is 5.32 Å². The molecule has 3 aromatic rings. The number of hydrogen-bond acceptors (Lipinski definition) is 5. The first kappa shape index (κ1) is 21.7. The number of non-ortho nitro benzene ring substituents is 1. The van der Waals surface area contributed by atoms with Crippen molar-refractivity contribution in [3.05, 3.63) is 99.6 Å². The van der Waals surface area contributed by atoms with Gasteiger partial charge in [-0.3, -0.25) is 14.9 Å². The molecule has 164 valence electrons. The van der Waals surface area contributed by atoms with Gasteiger partial charge in [0.2, 0.25) is 15.9 Å². The van der Waals surface area contributed by atoms with E-state index in [1.54, 1.807) is 12.1 Å². The second-order valence-corrected chi connectivity index (χ2v) is 9.54. The number of nitrogens with zero attached hydrogens (tertiary/aromatic N) is 2. The first-order valence-electron chi connectivity index (χ1n) is 9.96. The predicted molar refractivity (Wildman–Crippen MR) is 120 cm³/mol. The van der Waals surface area contributed by atoms with Crippen LogP contribution in [0.4, 0.5) is 11.4 Å². The zero-order valence-electron chi connectivity index (χ0n) is 17.3. The lowest BCUT2D eigenvalue weighted by atomic mass is 9.95. The number of rotatable bonds is 5. The molecule has 0 spiro atoms. The van der Waals surface area contributed by atoms with E-state index in [0.29, 0.717) is 0 Å². The molecule has 0 aromatic heterocycles. The van der Waals surface area contributed by atoms with Crippen LogP contribution in [0.2, 0.25) is 0 Å². The smallest absolute Gasteiger partial charge is 0.271 e. The molecule has 32 heavy (non-hydrogen) atoms. The van der Waals surface area contributed by atoms with E-state index in [1.165, 1.54) is 40.7 Å². The fourth-order valence-corrected chi connectivity index (χ4v) is 5.31. The first-order chi connectivity index (χ1) is 15.3. The largest absolute Gasteiger partial charge is 0.324 e. The van der Waals surface area contributed by atoms with Gasteiger partial charge in [-0.05, 0) is 42.7 Å². The van der Waals surface area contributed by atoms with Gasteiger partial charge in [0.25, 0.3) is 5.69 Å². The monoisotopic (exact) mass is 451 g/mol. The number of nitro benzene ring substituents is 1. The van der Waals surface area contributed by atoms with Crippen molar-refractivity contribution in [2.45, 2.75) is 30.8 Å². The standard InChI is InChI=1S/C23H21N3O5S/c1-16-9-11-21(12-10-16)32(30,31)25-15-18-6-3-2-5-17(18)13-22(25)23(27)24-19-7-4-8-20(14-19)26(28)29/h2-12,14,22H,13,15H2,1H3,(H,24,27)/t22-/m0/s1. The van der Waals surface area contributed by atoms with Crippen LogP contribution in [0.15, 0.2) is 77.7 Å². The number of anilines is 1.